The van der Waals surface area contributed by atoms with Crippen molar-refractivity contribution in [3.05, 3.63) is 34.5 Å². The maximum Gasteiger partial charge on any atom is 0.259 e. The first-order chi connectivity index (χ1) is 10.5. The van der Waals surface area contributed by atoms with E-state index in [0.717, 1.165) is 30.8 Å². The van der Waals surface area contributed by atoms with E-state index in [4.69, 9.17) is 9.05 Å². The van der Waals surface area contributed by atoms with Gasteiger partial charge in [-0.25, -0.2) is 0 Å². The van der Waals surface area contributed by atoms with E-state index in [1.807, 2.05) is 11.0 Å². The lowest BCUT2D eigenvalue weighted by Crippen LogP contribution is -2.31. The van der Waals surface area contributed by atoms with Crippen LogP contribution in [0.25, 0.3) is 0 Å². The molecule has 2 aromatic heterocycles. The van der Waals surface area contributed by atoms with E-state index in [9.17, 15) is 4.79 Å². The van der Waals surface area contributed by atoms with Crippen molar-refractivity contribution in [2.24, 2.45) is 0 Å². The molecule has 0 N–H and O–H groups in total. The number of carbonyl (C=O) groups is 1. The number of hydrogen-bond acceptors (Lipinski definition) is 5. The molecule has 22 heavy (non-hydrogen) atoms. The third-order valence-corrected chi connectivity index (χ3v) is 4.22. The molecule has 0 unspecified atom stereocenters. The molecule has 0 aromatic carbocycles. The molecule has 1 saturated heterocycles. The number of hydrogen-bond donors (Lipinski definition) is 0. The Morgan fingerprint density at radius 3 is 2.68 bits per heavy atom. The van der Waals surface area contributed by atoms with Gasteiger partial charge in [-0.05, 0) is 26.7 Å². The van der Waals surface area contributed by atoms with Crippen LogP contribution in [0.4, 0.5) is 0 Å². The molecule has 1 amide bonds. The topological polar surface area (TPSA) is 72.4 Å². The maximum absolute atomic E-state index is 12.8. The zero-order chi connectivity index (χ0) is 15.9. The van der Waals surface area contributed by atoms with Gasteiger partial charge in [-0.2, -0.15) is 0 Å². The molecule has 0 saturated carbocycles. The van der Waals surface area contributed by atoms with Gasteiger partial charge in [0.15, 0.2) is 0 Å². The highest BCUT2D eigenvalue weighted by Gasteiger charge is 2.35. The van der Waals surface area contributed by atoms with Crippen molar-refractivity contribution in [2.75, 3.05) is 6.54 Å². The number of aromatic nitrogens is 2. The van der Waals surface area contributed by atoms with Crippen LogP contribution in [0.5, 0.6) is 0 Å². The molecule has 1 aliphatic heterocycles. The highest BCUT2D eigenvalue weighted by Crippen LogP contribution is 2.34. The van der Waals surface area contributed by atoms with E-state index in [2.05, 4.69) is 24.2 Å². The van der Waals surface area contributed by atoms with Crippen LogP contribution in [0.3, 0.4) is 0 Å². The van der Waals surface area contributed by atoms with E-state index in [0.29, 0.717) is 17.0 Å². The van der Waals surface area contributed by atoms with Crippen LogP contribution in [0.15, 0.2) is 15.1 Å². The van der Waals surface area contributed by atoms with E-state index in [1.165, 1.54) is 0 Å². The van der Waals surface area contributed by atoms with Crippen LogP contribution in [0.1, 0.15) is 71.9 Å². The van der Waals surface area contributed by atoms with Gasteiger partial charge in [-0.3, -0.25) is 4.79 Å². The lowest BCUT2D eigenvalue weighted by atomic mass is 10.1. The number of nitrogens with zero attached hydrogens (tertiary/aromatic N) is 3. The van der Waals surface area contributed by atoms with Crippen molar-refractivity contribution in [1.82, 2.24) is 15.2 Å². The van der Waals surface area contributed by atoms with Gasteiger partial charge in [0, 0.05) is 18.5 Å². The third-order valence-electron chi connectivity index (χ3n) is 4.22. The molecule has 3 rings (SSSR count). The monoisotopic (exact) mass is 303 g/mol. The summed E-state index contributed by atoms with van der Waals surface area (Å²) in [6, 6.07) is 1.94. The van der Waals surface area contributed by atoms with Crippen molar-refractivity contribution in [1.29, 1.82) is 0 Å². The molecule has 0 aliphatic carbocycles. The molecule has 6 heteroatoms. The number of aryl methyl sites for hydroxylation is 2. The zero-order valence-corrected chi connectivity index (χ0v) is 13.4. The standard InChI is InChI=1S/C16H21N3O3/c1-9(2)14-8-12(18-22-14)13-6-5-7-19(13)16(20)15-10(3)17-21-11(15)4/h8-9,13H,5-7H2,1-4H3/t13-/m0/s1. The second-order valence-corrected chi connectivity index (χ2v) is 6.16. The van der Waals surface area contributed by atoms with Gasteiger partial charge in [0.2, 0.25) is 0 Å². The minimum atomic E-state index is -0.0344. The Morgan fingerprint density at radius 1 is 1.32 bits per heavy atom. The van der Waals surface area contributed by atoms with Crippen molar-refractivity contribution >= 4 is 5.91 Å². The molecule has 118 valence electrons. The molecule has 1 atom stereocenters. The van der Waals surface area contributed by atoms with Gasteiger partial charge in [0.05, 0.1) is 11.7 Å². The van der Waals surface area contributed by atoms with Crippen LogP contribution in [0, 0.1) is 13.8 Å². The Balaban J connectivity index is 1.88. The summed E-state index contributed by atoms with van der Waals surface area (Å²) in [6.45, 7) is 8.40. The lowest BCUT2D eigenvalue weighted by Gasteiger charge is -2.22. The molecular formula is C16H21N3O3. The molecule has 6 nitrogen and oxygen atoms in total. The minimum absolute atomic E-state index is 0.0301. The van der Waals surface area contributed by atoms with Crippen molar-refractivity contribution in [3.8, 4) is 0 Å². The Hall–Kier alpha value is -2.11. The summed E-state index contributed by atoms with van der Waals surface area (Å²) in [6.07, 6.45) is 1.86. The molecule has 0 radical (unpaired) electrons. The van der Waals surface area contributed by atoms with Gasteiger partial charge in [-0.1, -0.05) is 24.2 Å². The number of rotatable bonds is 3. The predicted octanol–water partition coefficient (Wildman–Crippen LogP) is 3.38. The van der Waals surface area contributed by atoms with Gasteiger partial charge in [-0.15, -0.1) is 0 Å². The number of amides is 1. The Bertz CT molecular complexity index is 667. The lowest BCUT2D eigenvalue weighted by molar-refractivity contribution is 0.0728. The van der Waals surface area contributed by atoms with Gasteiger partial charge >= 0.3 is 0 Å². The largest absolute Gasteiger partial charge is 0.361 e. The summed E-state index contributed by atoms with van der Waals surface area (Å²) in [4.78, 5) is 14.7. The average molecular weight is 303 g/mol. The minimum Gasteiger partial charge on any atom is -0.361 e. The van der Waals surface area contributed by atoms with Gasteiger partial charge in [0.1, 0.15) is 22.8 Å². The van der Waals surface area contributed by atoms with Crippen molar-refractivity contribution in [2.45, 2.75) is 52.5 Å². The normalized spacial score (nSPS) is 18.4. The van der Waals surface area contributed by atoms with Gasteiger partial charge < -0.3 is 13.9 Å². The molecular weight excluding hydrogens is 282 g/mol. The molecule has 2 aromatic rings. The number of carbonyl (C=O) groups excluding carboxylic acids is 1. The van der Waals surface area contributed by atoms with Gasteiger partial charge in [0.25, 0.3) is 5.91 Å². The van der Waals surface area contributed by atoms with E-state index < -0.39 is 0 Å². The first-order valence-corrected chi connectivity index (χ1v) is 7.69. The fourth-order valence-electron chi connectivity index (χ4n) is 2.98. The highest BCUT2D eigenvalue weighted by atomic mass is 16.5. The summed E-state index contributed by atoms with van der Waals surface area (Å²) in [5, 5.41) is 8.05. The van der Waals surface area contributed by atoms with Crippen molar-refractivity contribution in [3.63, 3.8) is 0 Å². The van der Waals surface area contributed by atoms with E-state index in [1.54, 1.807) is 13.8 Å². The SMILES string of the molecule is Cc1noc(C)c1C(=O)N1CCC[C@H]1c1cc(C(C)C)on1. The molecule has 0 bridgehead atoms. The van der Waals surface area contributed by atoms with Crippen LogP contribution in [-0.2, 0) is 0 Å². The summed E-state index contributed by atoms with van der Waals surface area (Å²) >= 11 is 0. The first-order valence-electron chi connectivity index (χ1n) is 7.69. The Morgan fingerprint density at radius 2 is 2.09 bits per heavy atom. The van der Waals surface area contributed by atoms with Crippen LogP contribution < -0.4 is 0 Å². The van der Waals surface area contributed by atoms with Crippen LogP contribution in [-0.4, -0.2) is 27.7 Å². The first kappa shape index (κ1) is 14.8. The van der Waals surface area contributed by atoms with Crippen molar-refractivity contribution < 1.29 is 13.8 Å². The summed E-state index contributed by atoms with van der Waals surface area (Å²) < 4.78 is 10.5. The second-order valence-electron chi connectivity index (χ2n) is 6.16. The average Bonchev–Trinajstić information content (AvgIpc) is 3.17. The summed E-state index contributed by atoms with van der Waals surface area (Å²) in [5.74, 6) is 1.67. The van der Waals surface area contributed by atoms with E-state index in [-0.39, 0.29) is 17.9 Å². The quantitative estimate of drug-likeness (QED) is 0.869. The fraction of sp³-hybridized carbons (Fsp3) is 0.562. The summed E-state index contributed by atoms with van der Waals surface area (Å²) in [5.41, 5.74) is 2.04. The number of likely N-dealkylation sites (tertiary alicyclic amines) is 1. The maximum atomic E-state index is 12.8. The zero-order valence-electron chi connectivity index (χ0n) is 13.4. The molecule has 1 aliphatic rings. The Kier molecular flexibility index (Phi) is 3.76. The second kappa shape index (κ2) is 5.59. The molecule has 1 fully saturated rings. The summed E-state index contributed by atoms with van der Waals surface area (Å²) in [7, 11) is 0. The van der Waals surface area contributed by atoms with E-state index >= 15 is 0 Å². The highest BCUT2D eigenvalue weighted by molar-refractivity contribution is 5.96. The van der Waals surface area contributed by atoms with Crippen LogP contribution >= 0.6 is 0 Å². The predicted molar refractivity (Wildman–Crippen MR) is 79.6 cm³/mol. The fourth-order valence-corrected chi connectivity index (χ4v) is 2.98. The molecule has 0 spiro atoms. The smallest absolute Gasteiger partial charge is 0.259 e. The molecule has 3 heterocycles. The third kappa shape index (κ3) is 2.42. The Labute approximate surface area is 129 Å². The van der Waals surface area contributed by atoms with Crippen LogP contribution in [0.2, 0.25) is 0 Å².